The van der Waals surface area contributed by atoms with Crippen molar-refractivity contribution >= 4 is 21.4 Å². The van der Waals surface area contributed by atoms with Crippen LogP contribution in [0, 0.1) is 0 Å². The van der Waals surface area contributed by atoms with Gasteiger partial charge >= 0.3 is 0 Å². The van der Waals surface area contributed by atoms with Crippen LogP contribution in [-0.4, -0.2) is 7.11 Å². The Bertz CT molecular complexity index is 712. The first kappa shape index (κ1) is 12.2. The number of methoxy groups -OCH3 is 1. The van der Waals surface area contributed by atoms with Crippen molar-refractivity contribution in [3.05, 3.63) is 54.1 Å². The topological polar surface area (TPSA) is 9.23 Å². The average Bonchev–Trinajstić information content (AvgIpc) is 2.89. The molecule has 0 aliphatic rings. The maximum atomic E-state index is 5.29. The summed E-state index contributed by atoms with van der Waals surface area (Å²) in [5.41, 5.74) is 2.76. The van der Waals surface area contributed by atoms with E-state index in [1.54, 1.807) is 7.11 Å². The van der Waals surface area contributed by atoms with Crippen molar-refractivity contribution in [3.63, 3.8) is 0 Å². The Balaban J connectivity index is 2.15. The largest absolute Gasteiger partial charge is 0.497 e. The molecule has 0 spiro atoms. The van der Waals surface area contributed by atoms with Gasteiger partial charge in [-0.05, 0) is 47.2 Å². The number of benzene rings is 2. The van der Waals surface area contributed by atoms with E-state index in [1.807, 2.05) is 17.4 Å². The van der Waals surface area contributed by atoms with Gasteiger partial charge in [0.25, 0.3) is 0 Å². The monoisotopic (exact) mass is 268 g/mol. The van der Waals surface area contributed by atoms with E-state index in [9.17, 15) is 0 Å². The molecule has 0 saturated heterocycles. The number of rotatable bonds is 3. The van der Waals surface area contributed by atoms with E-state index in [1.165, 1.54) is 26.1 Å². The lowest BCUT2D eigenvalue weighted by Crippen LogP contribution is -1.83. The second kappa shape index (κ2) is 5.06. The van der Waals surface area contributed by atoms with E-state index in [0.29, 0.717) is 0 Å². The van der Waals surface area contributed by atoms with Gasteiger partial charge in [-0.1, -0.05) is 31.2 Å². The minimum Gasteiger partial charge on any atom is -0.497 e. The Morgan fingerprint density at radius 3 is 2.68 bits per heavy atom. The van der Waals surface area contributed by atoms with Crippen LogP contribution < -0.4 is 4.74 Å². The van der Waals surface area contributed by atoms with Gasteiger partial charge in [0, 0.05) is 9.58 Å². The van der Waals surface area contributed by atoms with E-state index < -0.39 is 0 Å². The van der Waals surface area contributed by atoms with Gasteiger partial charge in [0.1, 0.15) is 5.75 Å². The molecule has 19 heavy (non-hydrogen) atoms. The molecule has 0 aliphatic carbocycles. The fourth-order valence-electron chi connectivity index (χ4n) is 2.34. The molecule has 96 valence electrons. The van der Waals surface area contributed by atoms with E-state index in [0.717, 1.165) is 12.2 Å². The highest BCUT2D eigenvalue weighted by molar-refractivity contribution is 7.22. The summed E-state index contributed by atoms with van der Waals surface area (Å²) in [5, 5.41) is 1.28. The van der Waals surface area contributed by atoms with Crippen molar-refractivity contribution in [3.8, 4) is 16.2 Å². The highest BCUT2D eigenvalue weighted by atomic mass is 32.1. The minimum absolute atomic E-state index is 0.921. The normalized spacial score (nSPS) is 10.8. The van der Waals surface area contributed by atoms with Crippen molar-refractivity contribution in [2.75, 3.05) is 7.11 Å². The molecule has 3 aromatic rings. The van der Waals surface area contributed by atoms with Crippen LogP contribution in [0.2, 0.25) is 0 Å². The molecule has 2 heteroatoms. The summed E-state index contributed by atoms with van der Waals surface area (Å²) in [6.07, 6.45) is 1.06. The predicted octanol–water partition coefficient (Wildman–Crippen LogP) is 5.14. The first-order chi connectivity index (χ1) is 9.31. The van der Waals surface area contributed by atoms with Gasteiger partial charge in [0.15, 0.2) is 0 Å². The van der Waals surface area contributed by atoms with Gasteiger partial charge in [-0.25, -0.2) is 0 Å². The van der Waals surface area contributed by atoms with E-state index in [-0.39, 0.29) is 0 Å². The van der Waals surface area contributed by atoms with Crippen LogP contribution in [0.15, 0.2) is 48.5 Å². The molecular weight excluding hydrogens is 252 g/mol. The zero-order valence-corrected chi connectivity index (χ0v) is 12.0. The summed E-state index contributed by atoms with van der Waals surface area (Å²) in [6, 6.07) is 17.2. The molecule has 0 saturated carbocycles. The van der Waals surface area contributed by atoms with Crippen molar-refractivity contribution in [1.29, 1.82) is 0 Å². The maximum absolute atomic E-state index is 5.29. The van der Waals surface area contributed by atoms with Crippen LogP contribution in [0.4, 0.5) is 0 Å². The molecule has 1 nitrogen and oxygen atoms in total. The standard InChI is InChI=1S/C17H16OS/c1-3-12-6-4-5-7-15(12)17-10-13-8-9-14(18-2)11-16(13)19-17/h4-11H,3H2,1-2H3. The van der Waals surface area contributed by atoms with Gasteiger partial charge in [-0.3, -0.25) is 0 Å². The third-order valence-electron chi connectivity index (χ3n) is 3.39. The van der Waals surface area contributed by atoms with E-state index in [2.05, 4.69) is 49.4 Å². The van der Waals surface area contributed by atoms with Gasteiger partial charge in [-0.2, -0.15) is 0 Å². The number of fused-ring (bicyclic) bond motifs is 1. The number of hydrogen-bond donors (Lipinski definition) is 0. The quantitative estimate of drug-likeness (QED) is 0.639. The number of aryl methyl sites for hydroxylation is 1. The lowest BCUT2D eigenvalue weighted by Gasteiger charge is -2.04. The Labute approximate surface area is 117 Å². The van der Waals surface area contributed by atoms with E-state index in [4.69, 9.17) is 4.74 Å². The predicted molar refractivity (Wildman–Crippen MR) is 83.2 cm³/mol. The average molecular weight is 268 g/mol. The molecule has 1 heterocycles. The molecule has 0 atom stereocenters. The van der Waals surface area contributed by atoms with Gasteiger partial charge in [0.2, 0.25) is 0 Å². The molecular formula is C17H16OS. The molecule has 1 aromatic heterocycles. The molecule has 3 rings (SSSR count). The smallest absolute Gasteiger partial charge is 0.120 e. The van der Waals surface area contributed by atoms with Gasteiger partial charge in [0.05, 0.1) is 7.11 Å². The molecule has 0 aliphatic heterocycles. The Hall–Kier alpha value is -1.80. The summed E-state index contributed by atoms with van der Waals surface area (Å²) >= 11 is 1.83. The fraction of sp³-hybridized carbons (Fsp3) is 0.176. The number of hydrogen-bond acceptors (Lipinski definition) is 2. The number of thiophene rings is 1. The molecule has 0 unspecified atom stereocenters. The van der Waals surface area contributed by atoms with Crippen LogP contribution >= 0.6 is 11.3 Å². The SMILES string of the molecule is CCc1ccccc1-c1cc2ccc(OC)cc2s1. The molecule has 0 bridgehead atoms. The molecule has 0 radical (unpaired) electrons. The van der Waals surface area contributed by atoms with Crippen LogP contribution in [0.3, 0.4) is 0 Å². The lowest BCUT2D eigenvalue weighted by atomic mass is 10.0. The summed E-state index contributed by atoms with van der Waals surface area (Å²) in [6.45, 7) is 2.20. The van der Waals surface area contributed by atoms with Crippen molar-refractivity contribution in [2.24, 2.45) is 0 Å². The fourth-order valence-corrected chi connectivity index (χ4v) is 3.49. The highest BCUT2D eigenvalue weighted by Crippen LogP contribution is 2.36. The first-order valence-corrected chi connectivity index (χ1v) is 7.29. The zero-order valence-electron chi connectivity index (χ0n) is 11.1. The molecule has 0 N–H and O–H groups in total. The highest BCUT2D eigenvalue weighted by Gasteiger charge is 2.08. The molecule has 2 aromatic carbocycles. The summed E-state index contributed by atoms with van der Waals surface area (Å²) in [5.74, 6) is 0.921. The van der Waals surface area contributed by atoms with Crippen LogP contribution in [0.25, 0.3) is 20.5 Å². The van der Waals surface area contributed by atoms with Gasteiger partial charge in [-0.15, -0.1) is 11.3 Å². The van der Waals surface area contributed by atoms with Crippen LogP contribution in [0.5, 0.6) is 5.75 Å². The lowest BCUT2D eigenvalue weighted by molar-refractivity contribution is 0.415. The van der Waals surface area contributed by atoms with Crippen molar-refractivity contribution in [1.82, 2.24) is 0 Å². The summed E-state index contributed by atoms with van der Waals surface area (Å²) in [7, 11) is 1.71. The Morgan fingerprint density at radius 2 is 1.89 bits per heavy atom. The van der Waals surface area contributed by atoms with Crippen molar-refractivity contribution in [2.45, 2.75) is 13.3 Å². The third kappa shape index (κ3) is 2.24. The zero-order chi connectivity index (χ0) is 13.2. The summed E-state index contributed by atoms with van der Waals surface area (Å²) in [4.78, 5) is 1.33. The second-order valence-corrected chi connectivity index (χ2v) is 5.61. The van der Waals surface area contributed by atoms with Crippen LogP contribution in [0.1, 0.15) is 12.5 Å². The summed E-state index contributed by atoms with van der Waals surface area (Å²) < 4.78 is 6.57. The third-order valence-corrected chi connectivity index (χ3v) is 4.52. The number of ether oxygens (including phenoxy) is 1. The minimum atomic E-state index is 0.921. The first-order valence-electron chi connectivity index (χ1n) is 6.47. The molecule has 0 fully saturated rings. The second-order valence-electron chi connectivity index (χ2n) is 4.53. The molecule has 0 amide bonds. The Kier molecular flexibility index (Phi) is 3.26. The van der Waals surface area contributed by atoms with E-state index >= 15 is 0 Å². The van der Waals surface area contributed by atoms with Gasteiger partial charge < -0.3 is 4.74 Å². The van der Waals surface area contributed by atoms with Crippen LogP contribution in [-0.2, 0) is 6.42 Å². The van der Waals surface area contributed by atoms with Crippen molar-refractivity contribution < 1.29 is 4.74 Å². The Morgan fingerprint density at radius 1 is 1.05 bits per heavy atom. The maximum Gasteiger partial charge on any atom is 0.120 e.